The third-order valence-corrected chi connectivity index (χ3v) is 6.25. The van der Waals surface area contributed by atoms with Gasteiger partial charge >= 0.3 is 6.09 Å². The van der Waals surface area contributed by atoms with Gasteiger partial charge < -0.3 is 14.8 Å². The molecule has 1 aromatic rings. The lowest BCUT2D eigenvalue weighted by atomic mass is 9.81. The van der Waals surface area contributed by atoms with Crippen molar-refractivity contribution in [2.75, 3.05) is 19.8 Å². The average molecular weight is 355 g/mol. The second kappa shape index (κ2) is 7.43. The molecule has 1 heterocycles. The number of ether oxygens (including phenoxy) is 2. The number of cyclic esters (lactones) is 1. The highest BCUT2D eigenvalue weighted by molar-refractivity contribution is 5.70. The summed E-state index contributed by atoms with van der Waals surface area (Å²) in [6, 6.07) is 7.07. The quantitative estimate of drug-likeness (QED) is 0.638. The Bertz CT molecular complexity index is 699. The van der Waals surface area contributed by atoms with Crippen LogP contribution in [-0.2, 0) is 22.3 Å². The molecule has 4 rings (SSSR count). The van der Waals surface area contributed by atoms with Gasteiger partial charge in [-0.2, -0.15) is 0 Å². The van der Waals surface area contributed by atoms with E-state index in [2.05, 4.69) is 35.7 Å². The maximum Gasteiger partial charge on any atom is 0.407 e. The number of nitrogens with one attached hydrogen (secondary N) is 1. The fourth-order valence-electron chi connectivity index (χ4n) is 4.80. The van der Waals surface area contributed by atoms with E-state index >= 15 is 0 Å². The molecule has 140 valence electrons. The number of aryl methyl sites for hydroxylation is 1. The van der Waals surface area contributed by atoms with Crippen LogP contribution in [0.2, 0.25) is 0 Å². The van der Waals surface area contributed by atoms with Gasteiger partial charge in [0.1, 0.15) is 6.61 Å². The van der Waals surface area contributed by atoms with Crippen molar-refractivity contribution in [2.45, 2.75) is 56.9 Å². The van der Waals surface area contributed by atoms with E-state index in [4.69, 9.17) is 9.47 Å². The molecule has 0 aromatic heterocycles. The number of rotatable bonds is 5. The minimum atomic E-state index is -0.250. The highest BCUT2D eigenvalue weighted by atomic mass is 16.6. The van der Waals surface area contributed by atoms with Crippen molar-refractivity contribution in [3.05, 3.63) is 47.0 Å². The van der Waals surface area contributed by atoms with Crippen molar-refractivity contribution in [3.8, 4) is 0 Å². The van der Waals surface area contributed by atoms with Gasteiger partial charge in [0.05, 0.1) is 12.1 Å². The molecule has 1 unspecified atom stereocenters. The summed E-state index contributed by atoms with van der Waals surface area (Å²) in [5.41, 5.74) is 4.33. The Hall–Kier alpha value is -1.81. The van der Waals surface area contributed by atoms with Crippen molar-refractivity contribution in [2.24, 2.45) is 5.92 Å². The van der Waals surface area contributed by atoms with Gasteiger partial charge in [-0.05, 0) is 74.0 Å². The normalized spacial score (nSPS) is 30.6. The maximum absolute atomic E-state index is 11.4. The first-order valence-electron chi connectivity index (χ1n) is 9.98. The second-order valence-corrected chi connectivity index (χ2v) is 8.04. The van der Waals surface area contributed by atoms with Gasteiger partial charge in [0.25, 0.3) is 0 Å². The number of carbonyl (C=O) groups excluding carboxylic acids is 1. The van der Waals surface area contributed by atoms with Gasteiger partial charge in [0.2, 0.25) is 0 Å². The molecule has 3 aliphatic rings. The second-order valence-electron chi connectivity index (χ2n) is 8.04. The van der Waals surface area contributed by atoms with Crippen LogP contribution in [0.5, 0.6) is 0 Å². The van der Waals surface area contributed by atoms with Crippen LogP contribution >= 0.6 is 0 Å². The molecular formula is C22H29NO3. The molecule has 4 heteroatoms. The molecule has 0 bridgehead atoms. The molecule has 26 heavy (non-hydrogen) atoms. The summed E-state index contributed by atoms with van der Waals surface area (Å²) in [7, 11) is 0. The number of hydrogen-bond acceptors (Lipinski definition) is 3. The lowest BCUT2D eigenvalue weighted by Gasteiger charge is -2.24. The van der Waals surface area contributed by atoms with E-state index in [9.17, 15) is 4.79 Å². The van der Waals surface area contributed by atoms with Crippen molar-refractivity contribution in [3.63, 3.8) is 0 Å². The average Bonchev–Trinajstić information content (AvgIpc) is 3.24. The number of alkyl carbamates (subject to hydrolysis) is 1. The van der Waals surface area contributed by atoms with Crippen LogP contribution in [0.1, 0.15) is 55.2 Å². The zero-order valence-corrected chi connectivity index (χ0v) is 15.6. The lowest BCUT2D eigenvalue weighted by molar-refractivity contribution is 0.172. The van der Waals surface area contributed by atoms with Gasteiger partial charge in [-0.25, -0.2) is 4.79 Å². The van der Waals surface area contributed by atoms with Crippen LogP contribution in [-0.4, -0.2) is 31.5 Å². The molecule has 1 aliphatic heterocycles. The van der Waals surface area contributed by atoms with Crippen LogP contribution in [0.15, 0.2) is 30.4 Å². The van der Waals surface area contributed by atoms with Crippen molar-refractivity contribution in [1.29, 1.82) is 0 Å². The smallest absolute Gasteiger partial charge is 0.407 e. The van der Waals surface area contributed by atoms with Crippen molar-refractivity contribution in [1.82, 2.24) is 5.32 Å². The minimum absolute atomic E-state index is 0.117. The zero-order chi connectivity index (χ0) is 18.0. The molecule has 1 N–H and O–H groups in total. The van der Waals surface area contributed by atoms with Gasteiger partial charge in [-0.1, -0.05) is 30.4 Å². The Morgan fingerprint density at radius 3 is 3.08 bits per heavy atom. The first-order chi connectivity index (χ1) is 12.7. The molecule has 0 radical (unpaired) electrons. The standard InChI is InChI=1S/C22H29NO3/c1-2-25-11-3-4-16-5-6-18-13-19(8-7-17(18)12-16)20-9-10-22(14-20)15-26-21(24)23-22/h3-4,7-8,13,16,20H,2,5-6,9-12,14-15H2,1H3,(H,23,24)/b4-3-/t16?,20-,22+/m0/s1. The molecule has 1 aromatic carbocycles. The fourth-order valence-corrected chi connectivity index (χ4v) is 4.80. The molecule has 1 saturated heterocycles. The molecule has 2 fully saturated rings. The van der Waals surface area contributed by atoms with Gasteiger partial charge in [0, 0.05) is 6.61 Å². The van der Waals surface area contributed by atoms with E-state index in [-0.39, 0.29) is 11.6 Å². The highest BCUT2D eigenvalue weighted by Gasteiger charge is 2.46. The third-order valence-electron chi connectivity index (χ3n) is 6.25. The van der Waals surface area contributed by atoms with Gasteiger partial charge in [0.15, 0.2) is 0 Å². The van der Waals surface area contributed by atoms with E-state index < -0.39 is 0 Å². The lowest BCUT2D eigenvalue weighted by Crippen LogP contribution is -2.40. The molecule has 1 spiro atoms. The van der Waals surface area contributed by atoms with E-state index in [0.717, 1.165) is 45.3 Å². The van der Waals surface area contributed by atoms with E-state index in [1.54, 1.807) is 0 Å². The van der Waals surface area contributed by atoms with Crippen LogP contribution in [0.3, 0.4) is 0 Å². The Morgan fingerprint density at radius 1 is 1.35 bits per heavy atom. The van der Waals surface area contributed by atoms with Crippen LogP contribution in [0, 0.1) is 5.92 Å². The number of allylic oxidation sites excluding steroid dienone is 1. The topological polar surface area (TPSA) is 47.6 Å². The number of benzene rings is 1. The maximum atomic E-state index is 11.4. The Labute approximate surface area is 156 Å². The zero-order valence-electron chi connectivity index (χ0n) is 15.6. The number of fused-ring (bicyclic) bond motifs is 1. The van der Waals surface area contributed by atoms with Gasteiger partial charge in [-0.3, -0.25) is 0 Å². The van der Waals surface area contributed by atoms with E-state index in [1.165, 1.54) is 23.1 Å². The summed E-state index contributed by atoms with van der Waals surface area (Å²) >= 11 is 0. The highest BCUT2D eigenvalue weighted by Crippen LogP contribution is 2.43. The van der Waals surface area contributed by atoms with Gasteiger partial charge in [-0.15, -0.1) is 0 Å². The summed E-state index contributed by atoms with van der Waals surface area (Å²) in [6.07, 6.45) is 10.9. The summed E-state index contributed by atoms with van der Waals surface area (Å²) in [6.45, 7) is 4.06. The molecule has 4 nitrogen and oxygen atoms in total. The first kappa shape index (κ1) is 17.6. The van der Waals surface area contributed by atoms with E-state index in [0.29, 0.717) is 18.4 Å². The first-order valence-corrected chi connectivity index (χ1v) is 9.98. The number of carbonyl (C=O) groups is 1. The predicted octanol–water partition coefficient (Wildman–Crippen LogP) is 4.13. The fraction of sp³-hybridized carbons (Fsp3) is 0.591. The minimum Gasteiger partial charge on any atom is -0.447 e. The monoisotopic (exact) mass is 355 g/mol. The Kier molecular flexibility index (Phi) is 5.03. The molecular weight excluding hydrogens is 326 g/mol. The SMILES string of the molecule is CCOC/C=C\C1CCc2cc([C@H]3CC[C@]4(COC(=O)N4)C3)ccc2C1. The Morgan fingerprint density at radius 2 is 2.27 bits per heavy atom. The number of amides is 1. The van der Waals surface area contributed by atoms with E-state index in [1.807, 2.05) is 6.92 Å². The summed E-state index contributed by atoms with van der Waals surface area (Å²) in [5.74, 6) is 1.17. The van der Waals surface area contributed by atoms with Crippen molar-refractivity contribution < 1.29 is 14.3 Å². The molecule has 2 aliphatic carbocycles. The van der Waals surface area contributed by atoms with Crippen LogP contribution in [0.25, 0.3) is 0 Å². The van der Waals surface area contributed by atoms with Crippen LogP contribution in [0.4, 0.5) is 4.79 Å². The van der Waals surface area contributed by atoms with Crippen molar-refractivity contribution >= 4 is 6.09 Å². The third kappa shape index (κ3) is 3.66. The predicted molar refractivity (Wildman–Crippen MR) is 101 cm³/mol. The Balaban J connectivity index is 1.40. The molecule has 1 amide bonds. The molecule has 3 atom stereocenters. The summed E-state index contributed by atoms with van der Waals surface area (Å²) in [4.78, 5) is 11.4. The number of hydrogen-bond donors (Lipinski definition) is 1. The largest absolute Gasteiger partial charge is 0.447 e. The van der Waals surface area contributed by atoms with Crippen LogP contribution < -0.4 is 5.32 Å². The summed E-state index contributed by atoms with van der Waals surface area (Å²) < 4.78 is 10.6. The molecule has 1 saturated carbocycles. The summed E-state index contributed by atoms with van der Waals surface area (Å²) in [5, 5.41) is 3.05.